The van der Waals surface area contributed by atoms with Gasteiger partial charge in [0.05, 0.1) is 5.60 Å². The van der Waals surface area contributed by atoms with Gasteiger partial charge in [0.25, 0.3) is 0 Å². The van der Waals surface area contributed by atoms with Gasteiger partial charge in [0.15, 0.2) is 0 Å². The molecule has 0 spiro atoms. The summed E-state index contributed by atoms with van der Waals surface area (Å²) in [5, 5.41) is 13.6. The summed E-state index contributed by atoms with van der Waals surface area (Å²) in [4.78, 5) is 8.91. The van der Waals surface area contributed by atoms with E-state index in [0.717, 1.165) is 36.5 Å². The number of aromatic nitrogens is 2. The van der Waals surface area contributed by atoms with Gasteiger partial charge in [0.1, 0.15) is 17.5 Å². The summed E-state index contributed by atoms with van der Waals surface area (Å²) in [7, 11) is 0. The largest absolute Gasteiger partial charge is 0.388 e. The topological polar surface area (TPSA) is 96.1 Å². The van der Waals surface area contributed by atoms with E-state index in [9.17, 15) is 5.11 Å². The van der Waals surface area contributed by atoms with Crippen LogP contribution in [0.3, 0.4) is 0 Å². The second-order valence-electron chi connectivity index (χ2n) is 6.30. The molecule has 0 fully saturated rings. The molecule has 21 heavy (non-hydrogen) atoms. The number of rotatable bonds is 8. The lowest BCUT2D eigenvalue weighted by Crippen LogP contribution is -2.35. The van der Waals surface area contributed by atoms with Crippen LogP contribution in [-0.4, -0.2) is 27.2 Å². The number of hydrazine groups is 1. The molecule has 0 aromatic carbocycles. The molecular weight excluding hydrogens is 266 g/mol. The van der Waals surface area contributed by atoms with E-state index in [1.807, 2.05) is 13.8 Å². The summed E-state index contributed by atoms with van der Waals surface area (Å²) in [5.41, 5.74) is 2.70. The van der Waals surface area contributed by atoms with Gasteiger partial charge in [-0.15, -0.1) is 0 Å². The third-order valence-corrected chi connectivity index (χ3v) is 3.29. The van der Waals surface area contributed by atoms with Crippen molar-refractivity contribution in [2.45, 2.75) is 59.5 Å². The van der Waals surface area contributed by atoms with E-state index in [-0.39, 0.29) is 0 Å². The van der Waals surface area contributed by atoms with E-state index in [1.54, 1.807) is 0 Å². The first-order valence-electron chi connectivity index (χ1n) is 7.59. The second kappa shape index (κ2) is 7.56. The number of nitrogens with two attached hydrogens (primary N) is 1. The number of aliphatic hydroxyl groups is 1. The number of hydrogen-bond donors (Lipinski definition) is 4. The van der Waals surface area contributed by atoms with Crippen LogP contribution in [-0.2, 0) is 6.42 Å². The number of hydrogen-bond acceptors (Lipinski definition) is 6. The van der Waals surface area contributed by atoms with E-state index >= 15 is 0 Å². The van der Waals surface area contributed by atoms with Crippen molar-refractivity contribution < 1.29 is 5.11 Å². The lowest BCUT2D eigenvalue weighted by atomic mass is 9.94. The second-order valence-corrected chi connectivity index (χ2v) is 6.30. The normalized spacial score (nSPS) is 14.1. The van der Waals surface area contributed by atoms with Crippen LogP contribution in [0, 0.1) is 12.8 Å². The molecule has 120 valence electrons. The molecule has 0 amide bonds. The summed E-state index contributed by atoms with van der Waals surface area (Å²) in [5.74, 6) is 8.05. The van der Waals surface area contributed by atoms with Crippen molar-refractivity contribution >= 4 is 11.6 Å². The Hall–Kier alpha value is -1.40. The van der Waals surface area contributed by atoms with Gasteiger partial charge in [-0.1, -0.05) is 20.8 Å². The standard InChI is InChI=1S/C15H29N5O/c1-6-7-12-18-13(11(4)14(19-12)20-16)17-9-15(5,21)8-10(2)3/h10,21H,6-9,16H2,1-5H3,(H2,17,18,19,20). The van der Waals surface area contributed by atoms with E-state index in [1.165, 1.54) is 0 Å². The molecule has 5 N–H and O–H groups in total. The molecule has 0 saturated carbocycles. The molecular formula is C15H29N5O. The predicted molar refractivity (Wildman–Crippen MR) is 87.1 cm³/mol. The van der Waals surface area contributed by atoms with Gasteiger partial charge in [-0.3, -0.25) is 0 Å². The lowest BCUT2D eigenvalue weighted by molar-refractivity contribution is 0.0514. The Bertz CT molecular complexity index is 460. The number of nitrogen functional groups attached to an aromatic ring is 1. The smallest absolute Gasteiger partial charge is 0.148 e. The molecule has 6 heteroatoms. The Balaban J connectivity index is 2.89. The van der Waals surface area contributed by atoms with Crippen LogP contribution >= 0.6 is 0 Å². The number of nitrogens with zero attached hydrogens (tertiary/aromatic N) is 2. The van der Waals surface area contributed by atoms with E-state index in [4.69, 9.17) is 5.84 Å². The van der Waals surface area contributed by atoms with Crippen molar-refractivity contribution in [3.63, 3.8) is 0 Å². The number of aryl methyl sites for hydroxylation is 1. The third-order valence-electron chi connectivity index (χ3n) is 3.29. The molecule has 1 rings (SSSR count). The van der Waals surface area contributed by atoms with E-state index in [2.05, 4.69) is 41.5 Å². The minimum absolute atomic E-state index is 0.435. The maximum Gasteiger partial charge on any atom is 0.148 e. The quantitative estimate of drug-likeness (QED) is 0.434. The maximum atomic E-state index is 10.4. The van der Waals surface area contributed by atoms with Crippen molar-refractivity contribution in [3.05, 3.63) is 11.4 Å². The summed E-state index contributed by atoms with van der Waals surface area (Å²) in [6, 6.07) is 0. The molecule has 0 aliphatic heterocycles. The molecule has 1 aromatic rings. The average Bonchev–Trinajstić information content (AvgIpc) is 2.37. The van der Waals surface area contributed by atoms with Gasteiger partial charge in [-0.25, -0.2) is 15.8 Å². The molecule has 1 atom stereocenters. The fraction of sp³-hybridized carbons (Fsp3) is 0.733. The van der Waals surface area contributed by atoms with Crippen LogP contribution in [0.1, 0.15) is 51.9 Å². The Morgan fingerprint density at radius 3 is 2.43 bits per heavy atom. The van der Waals surface area contributed by atoms with Crippen molar-refractivity contribution in [2.24, 2.45) is 11.8 Å². The van der Waals surface area contributed by atoms with E-state index < -0.39 is 5.60 Å². The van der Waals surface area contributed by atoms with Crippen molar-refractivity contribution in [2.75, 3.05) is 17.3 Å². The molecule has 6 nitrogen and oxygen atoms in total. The maximum absolute atomic E-state index is 10.4. The summed E-state index contributed by atoms with van der Waals surface area (Å²) >= 11 is 0. The SMILES string of the molecule is CCCc1nc(NN)c(C)c(NCC(C)(O)CC(C)C)n1. The number of anilines is 2. The van der Waals surface area contributed by atoms with Crippen LogP contribution < -0.4 is 16.6 Å². The van der Waals surface area contributed by atoms with Crippen molar-refractivity contribution in [1.29, 1.82) is 0 Å². The Kier molecular flexibility index (Phi) is 6.36. The summed E-state index contributed by atoms with van der Waals surface area (Å²) in [6.45, 7) is 10.5. The zero-order chi connectivity index (χ0) is 16.0. The van der Waals surface area contributed by atoms with Crippen LogP contribution in [0.2, 0.25) is 0 Å². The fourth-order valence-electron chi connectivity index (χ4n) is 2.44. The minimum Gasteiger partial charge on any atom is -0.388 e. The first-order chi connectivity index (χ1) is 9.79. The van der Waals surface area contributed by atoms with Crippen LogP contribution in [0.4, 0.5) is 11.6 Å². The minimum atomic E-state index is -0.771. The molecule has 1 heterocycles. The highest BCUT2D eigenvalue weighted by Crippen LogP contribution is 2.22. The zero-order valence-electron chi connectivity index (χ0n) is 13.8. The highest BCUT2D eigenvalue weighted by molar-refractivity contribution is 5.56. The summed E-state index contributed by atoms with van der Waals surface area (Å²) in [6.07, 6.45) is 2.50. The van der Waals surface area contributed by atoms with Crippen molar-refractivity contribution in [1.82, 2.24) is 9.97 Å². The first kappa shape index (κ1) is 17.7. The molecule has 0 bridgehead atoms. The molecule has 0 radical (unpaired) electrons. The number of nitrogens with one attached hydrogen (secondary N) is 2. The lowest BCUT2D eigenvalue weighted by Gasteiger charge is -2.26. The van der Waals surface area contributed by atoms with Crippen LogP contribution in [0.5, 0.6) is 0 Å². The van der Waals surface area contributed by atoms with Crippen molar-refractivity contribution in [3.8, 4) is 0 Å². The van der Waals surface area contributed by atoms with Crippen LogP contribution in [0.25, 0.3) is 0 Å². The zero-order valence-corrected chi connectivity index (χ0v) is 13.8. The Morgan fingerprint density at radius 2 is 1.90 bits per heavy atom. The highest BCUT2D eigenvalue weighted by atomic mass is 16.3. The van der Waals surface area contributed by atoms with Gasteiger partial charge in [-0.05, 0) is 32.6 Å². The highest BCUT2D eigenvalue weighted by Gasteiger charge is 2.22. The Morgan fingerprint density at radius 1 is 1.29 bits per heavy atom. The predicted octanol–water partition coefficient (Wildman–Crippen LogP) is 2.23. The third kappa shape index (κ3) is 5.47. The molecule has 1 unspecified atom stereocenters. The van der Waals surface area contributed by atoms with Gasteiger partial charge in [-0.2, -0.15) is 0 Å². The molecule has 0 saturated heterocycles. The van der Waals surface area contributed by atoms with Gasteiger partial charge >= 0.3 is 0 Å². The van der Waals surface area contributed by atoms with Gasteiger partial charge in [0.2, 0.25) is 0 Å². The van der Waals surface area contributed by atoms with Gasteiger partial charge in [0, 0.05) is 18.5 Å². The van der Waals surface area contributed by atoms with Crippen LogP contribution in [0.15, 0.2) is 0 Å². The van der Waals surface area contributed by atoms with E-state index in [0.29, 0.717) is 18.3 Å². The molecule has 1 aromatic heterocycles. The monoisotopic (exact) mass is 295 g/mol. The molecule has 0 aliphatic rings. The summed E-state index contributed by atoms with van der Waals surface area (Å²) < 4.78 is 0. The van der Waals surface area contributed by atoms with Gasteiger partial charge < -0.3 is 15.8 Å². The average molecular weight is 295 g/mol. The first-order valence-corrected chi connectivity index (χ1v) is 7.59. The molecule has 0 aliphatic carbocycles. The fourth-order valence-corrected chi connectivity index (χ4v) is 2.44. The Labute approximate surface area is 127 Å².